The number of aliphatic hydroxyl groups is 1. The zero-order valence-electron chi connectivity index (χ0n) is 11.8. The summed E-state index contributed by atoms with van der Waals surface area (Å²) in [5.41, 5.74) is -0.0104. The summed E-state index contributed by atoms with van der Waals surface area (Å²) >= 11 is 5.64. The summed E-state index contributed by atoms with van der Waals surface area (Å²) in [5.74, 6) is -0.266. The predicted octanol–water partition coefficient (Wildman–Crippen LogP) is 3.71. The number of rotatable bonds is 5. The Morgan fingerprint density at radius 3 is 2.86 bits per heavy atom. The molecule has 0 aliphatic rings. The van der Waals surface area contributed by atoms with Gasteiger partial charge in [0.05, 0.1) is 17.0 Å². The van der Waals surface area contributed by atoms with E-state index in [-0.39, 0.29) is 23.2 Å². The molecule has 2 unspecified atom stereocenters. The molecule has 1 aromatic carbocycles. The van der Waals surface area contributed by atoms with Gasteiger partial charge in [-0.15, -0.1) is 0 Å². The molecule has 118 valence electrons. The van der Waals surface area contributed by atoms with Gasteiger partial charge in [0.2, 0.25) is 0 Å². The summed E-state index contributed by atoms with van der Waals surface area (Å²) in [6, 6.07) is 6.73. The molecule has 0 bridgehead atoms. The third-order valence-corrected chi connectivity index (χ3v) is 3.32. The maximum atomic E-state index is 13.7. The van der Waals surface area contributed by atoms with Gasteiger partial charge in [-0.3, -0.25) is 0 Å². The van der Waals surface area contributed by atoms with Gasteiger partial charge in [0.15, 0.2) is 5.82 Å². The van der Waals surface area contributed by atoms with Crippen LogP contribution in [0.4, 0.5) is 14.9 Å². The number of urea groups is 1. The first-order chi connectivity index (χ1) is 10.5. The first-order valence-electron chi connectivity index (χ1n) is 6.70. The molecular weight excluding hydrogens is 311 g/mol. The van der Waals surface area contributed by atoms with E-state index in [1.165, 1.54) is 24.5 Å². The van der Waals surface area contributed by atoms with E-state index in [1.807, 2.05) is 0 Å². The highest BCUT2D eigenvalue weighted by Crippen LogP contribution is 2.22. The standard InChI is InChI=1S/C15H16ClFN2O3/c1-9(8-12(20)13-6-3-7-22-13)18-15(21)19-11-5-2-4-10(16)14(11)17/h2-7,9,12,20H,8H2,1H3,(H2,18,19,21). The molecule has 0 radical (unpaired) electrons. The molecule has 2 amide bonds. The summed E-state index contributed by atoms with van der Waals surface area (Å²) in [6.07, 6.45) is 0.901. The summed E-state index contributed by atoms with van der Waals surface area (Å²) < 4.78 is 18.8. The quantitative estimate of drug-likeness (QED) is 0.784. The maximum absolute atomic E-state index is 13.7. The van der Waals surface area contributed by atoms with Crippen molar-refractivity contribution in [2.75, 3.05) is 5.32 Å². The van der Waals surface area contributed by atoms with Gasteiger partial charge in [0.1, 0.15) is 11.9 Å². The molecule has 0 aliphatic carbocycles. The number of carbonyl (C=O) groups is 1. The number of amides is 2. The zero-order valence-corrected chi connectivity index (χ0v) is 12.6. The van der Waals surface area contributed by atoms with Crippen LogP contribution in [0.15, 0.2) is 41.0 Å². The van der Waals surface area contributed by atoms with Gasteiger partial charge in [-0.05, 0) is 31.2 Å². The van der Waals surface area contributed by atoms with E-state index in [2.05, 4.69) is 10.6 Å². The fourth-order valence-corrected chi connectivity index (χ4v) is 2.15. The number of carbonyl (C=O) groups excluding carboxylic acids is 1. The molecule has 1 aromatic heterocycles. The van der Waals surface area contributed by atoms with Crippen molar-refractivity contribution in [1.82, 2.24) is 5.32 Å². The van der Waals surface area contributed by atoms with Crippen molar-refractivity contribution in [3.8, 4) is 0 Å². The van der Waals surface area contributed by atoms with Crippen molar-refractivity contribution < 1.29 is 18.7 Å². The van der Waals surface area contributed by atoms with Gasteiger partial charge in [-0.25, -0.2) is 9.18 Å². The lowest BCUT2D eigenvalue weighted by Gasteiger charge is -2.17. The molecule has 3 N–H and O–H groups in total. The van der Waals surface area contributed by atoms with Crippen LogP contribution >= 0.6 is 11.6 Å². The number of hydrogen-bond acceptors (Lipinski definition) is 3. The van der Waals surface area contributed by atoms with Crippen molar-refractivity contribution in [3.63, 3.8) is 0 Å². The van der Waals surface area contributed by atoms with Gasteiger partial charge in [0.25, 0.3) is 0 Å². The van der Waals surface area contributed by atoms with Crippen molar-refractivity contribution in [2.24, 2.45) is 0 Å². The molecule has 0 spiro atoms. The van der Waals surface area contributed by atoms with Crippen LogP contribution in [0.1, 0.15) is 25.2 Å². The van der Waals surface area contributed by atoms with Crippen LogP contribution < -0.4 is 10.6 Å². The molecule has 0 saturated carbocycles. The number of aliphatic hydroxyl groups excluding tert-OH is 1. The Morgan fingerprint density at radius 2 is 2.18 bits per heavy atom. The molecule has 2 rings (SSSR count). The second-order valence-corrected chi connectivity index (χ2v) is 5.28. The third-order valence-electron chi connectivity index (χ3n) is 3.03. The monoisotopic (exact) mass is 326 g/mol. The van der Waals surface area contributed by atoms with Gasteiger partial charge in [-0.1, -0.05) is 17.7 Å². The molecule has 2 atom stereocenters. The topological polar surface area (TPSA) is 74.5 Å². The van der Waals surface area contributed by atoms with Crippen LogP contribution in [0, 0.1) is 5.82 Å². The molecule has 0 saturated heterocycles. The Labute approximate surface area is 132 Å². The fraction of sp³-hybridized carbons (Fsp3) is 0.267. The van der Waals surface area contributed by atoms with E-state index in [0.29, 0.717) is 5.76 Å². The van der Waals surface area contributed by atoms with Crippen molar-refractivity contribution in [1.29, 1.82) is 0 Å². The Balaban J connectivity index is 1.87. The number of halogens is 2. The number of benzene rings is 1. The number of anilines is 1. The number of furan rings is 1. The average molecular weight is 327 g/mol. The van der Waals surface area contributed by atoms with E-state index in [4.69, 9.17) is 16.0 Å². The Morgan fingerprint density at radius 1 is 1.41 bits per heavy atom. The summed E-state index contributed by atoms with van der Waals surface area (Å²) in [5, 5.41) is 14.8. The first-order valence-corrected chi connectivity index (χ1v) is 7.08. The Kier molecular flexibility index (Phi) is 5.41. The van der Waals surface area contributed by atoms with E-state index < -0.39 is 18.0 Å². The first kappa shape index (κ1) is 16.3. The lowest BCUT2D eigenvalue weighted by Crippen LogP contribution is -2.37. The second-order valence-electron chi connectivity index (χ2n) is 4.87. The van der Waals surface area contributed by atoms with E-state index in [9.17, 15) is 14.3 Å². The van der Waals surface area contributed by atoms with E-state index in [0.717, 1.165) is 0 Å². The van der Waals surface area contributed by atoms with Crippen LogP contribution in [0.5, 0.6) is 0 Å². The van der Waals surface area contributed by atoms with Crippen LogP contribution in [-0.2, 0) is 0 Å². The lowest BCUT2D eigenvalue weighted by atomic mass is 10.1. The second kappa shape index (κ2) is 7.29. The third kappa shape index (κ3) is 4.22. The number of nitrogens with one attached hydrogen (secondary N) is 2. The summed E-state index contributed by atoms with van der Waals surface area (Å²) in [4.78, 5) is 11.8. The van der Waals surface area contributed by atoms with E-state index in [1.54, 1.807) is 19.1 Å². The normalized spacial score (nSPS) is 13.5. The smallest absolute Gasteiger partial charge is 0.319 e. The van der Waals surface area contributed by atoms with Crippen LogP contribution in [0.3, 0.4) is 0 Å². The average Bonchev–Trinajstić information content (AvgIpc) is 2.97. The molecule has 1 heterocycles. The minimum Gasteiger partial charge on any atom is -0.467 e. The zero-order chi connectivity index (χ0) is 16.1. The van der Waals surface area contributed by atoms with Crippen LogP contribution in [-0.4, -0.2) is 17.2 Å². The van der Waals surface area contributed by atoms with Gasteiger partial charge in [-0.2, -0.15) is 0 Å². The highest BCUT2D eigenvalue weighted by Gasteiger charge is 2.17. The van der Waals surface area contributed by atoms with Crippen molar-refractivity contribution in [2.45, 2.75) is 25.5 Å². The van der Waals surface area contributed by atoms with Gasteiger partial charge < -0.3 is 20.2 Å². The Hall–Kier alpha value is -2.05. The minimum atomic E-state index is -0.826. The lowest BCUT2D eigenvalue weighted by molar-refractivity contribution is 0.130. The largest absolute Gasteiger partial charge is 0.467 e. The number of hydrogen-bond donors (Lipinski definition) is 3. The fourth-order valence-electron chi connectivity index (χ4n) is 1.97. The van der Waals surface area contributed by atoms with Crippen LogP contribution in [0.25, 0.3) is 0 Å². The molecule has 2 aromatic rings. The molecule has 7 heteroatoms. The molecule has 22 heavy (non-hydrogen) atoms. The van der Waals surface area contributed by atoms with Gasteiger partial charge >= 0.3 is 6.03 Å². The molecule has 5 nitrogen and oxygen atoms in total. The van der Waals surface area contributed by atoms with Crippen LogP contribution in [0.2, 0.25) is 5.02 Å². The Bertz CT molecular complexity index is 634. The SMILES string of the molecule is CC(CC(O)c1ccco1)NC(=O)Nc1cccc(Cl)c1F. The predicted molar refractivity (Wildman–Crippen MR) is 81.3 cm³/mol. The highest BCUT2D eigenvalue weighted by molar-refractivity contribution is 6.31. The highest BCUT2D eigenvalue weighted by atomic mass is 35.5. The molecule has 0 fully saturated rings. The van der Waals surface area contributed by atoms with Gasteiger partial charge in [0, 0.05) is 12.5 Å². The maximum Gasteiger partial charge on any atom is 0.319 e. The van der Waals surface area contributed by atoms with Crippen molar-refractivity contribution in [3.05, 3.63) is 53.2 Å². The molecular formula is C15H16ClFN2O3. The summed E-state index contributed by atoms with van der Waals surface area (Å²) in [6.45, 7) is 1.72. The minimum absolute atomic E-state index is 0.0104. The molecule has 0 aliphatic heterocycles. The van der Waals surface area contributed by atoms with E-state index >= 15 is 0 Å². The van der Waals surface area contributed by atoms with Crippen molar-refractivity contribution >= 4 is 23.3 Å². The summed E-state index contributed by atoms with van der Waals surface area (Å²) in [7, 11) is 0.